The van der Waals surface area contributed by atoms with Crippen LogP contribution in [0.25, 0.3) is 21.9 Å². The highest BCUT2D eigenvalue weighted by atomic mass is 35.5. The summed E-state index contributed by atoms with van der Waals surface area (Å²) in [5, 5.41) is 11.7. The lowest BCUT2D eigenvalue weighted by molar-refractivity contribution is 0.0757. The van der Waals surface area contributed by atoms with Crippen LogP contribution in [0.15, 0.2) is 30.3 Å². The summed E-state index contributed by atoms with van der Waals surface area (Å²) in [4.78, 5) is 12.6. The summed E-state index contributed by atoms with van der Waals surface area (Å²) in [7, 11) is 3.07. The Bertz CT molecular complexity index is 1110. The molecule has 4 rings (SSSR count). The highest BCUT2D eigenvalue weighted by molar-refractivity contribution is 6.46. The second-order valence-electron chi connectivity index (χ2n) is 5.96. The SMILES string of the molecule is COc1ccc(-c2c3c(CO)c(c4ccc(Cl)c(Cl)c24)OC3=O)cc1OC. The van der Waals surface area contributed by atoms with Gasteiger partial charge in [-0.1, -0.05) is 29.3 Å². The number of hydrogen-bond acceptors (Lipinski definition) is 5. The van der Waals surface area contributed by atoms with E-state index in [1.54, 1.807) is 37.4 Å². The molecule has 138 valence electrons. The zero-order valence-electron chi connectivity index (χ0n) is 14.4. The Labute approximate surface area is 165 Å². The van der Waals surface area contributed by atoms with Gasteiger partial charge in [0.25, 0.3) is 0 Å². The number of methoxy groups -OCH3 is 2. The predicted octanol–water partition coefficient (Wildman–Crippen LogP) is 4.86. The van der Waals surface area contributed by atoms with Gasteiger partial charge in [0.15, 0.2) is 11.5 Å². The number of aliphatic hydroxyl groups excluding tert-OH is 1. The van der Waals surface area contributed by atoms with E-state index in [9.17, 15) is 9.90 Å². The predicted molar refractivity (Wildman–Crippen MR) is 103 cm³/mol. The smallest absolute Gasteiger partial charge is 0.344 e. The standard InChI is InChI=1S/C20H14Cl2O5/c1-25-13-6-3-9(7-14(13)26-2)15-16-10(4-5-12(21)18(16)22)19-11(8-23)17(15)20(24)27-19/h3-7,23H,8H2,1-2H3. The Hall–Kier alpha value is -2.47. The van der Waals surface area contributed by atoms with E-state index in [2.05, 4.69) is 0 Å². The molecule has 0 aromatic heterocycles. The van der Waals surface area contributed by atoms with Gasteiger partial charge in [0, 0.05) is 21.9 Å². The number of ether oxygens (including phenoxy) is 3. The molecule has 0 unspecified atom stereocenters. The molecule has 5 nitrogen and oxygen atoms in total. The van der Waals surface area contributed by atoms with Gasteiger partial charge in [-0.25, -0.2) is 4.79 Å². The maximum atomic E-state index is 12.6. The van der Waals surface area contributed by atoms with Gasteiger partial charge in [0.1, 0.15) is 5.75 Å². The molecule has 3 aromatic rings. The van der Waals surface area contributed by atoms with Crippen LogP contribution in [-0.4, -0.2) is 25.3 Å². The number of hydrogen-bond donors (Lipinski definition) is 1. The van der Waals surface area contributed by atoms with E-state index >= 15 is 0 Å². The highest BCUT2D eigenvalue weighted by Gasteiger charge is 2.34. The minimum atomic E-state index is -0.540. The molecule has 7 heteroatoms. The van der Waals surface area contributed by atoms with E-state index in [4.69, 9.17) is 37.4 Å². The van der Waals surface area contributed by atoms with E-state index in [1.165, 1.54) is 7.11 Å². The van der Waals surface area contributed by atoms with Crippen molar-refractivity contribution in [3.8, 4) is 28.4 Å². The summed E-state index contributed by atoms with van der Waals surface area (Å²) < 4.78 is 16.1. The number of carbonyl (C=O) groups excluding carboxylic acids is 1. The molecule has 0 radical (unpaired) electrons. The highest BCUT2D eigenvalue weighted by Crippen LogP contribution is 2.50. The Morgan fingerprint density at radius 3 is 2.44 bits per heavy atom. The van der Waals surface area contributed by atoms with Crippen molar-refractivity contribution in [1.29, 1.82) is 0 Å². The first-order valence-corrected chi connectivity index (χ1v) is 8.79. The third-order valence-corrected chi connectivity index (χ3v) is 5.45. The zero-order chi connectivity index (χ0) is 19.3. The largest absolute Gasteiger partial charge is 0.493 e. The van der Waals surface area contributed by atoms with Crippen LogP contribution in [0.2, 0.25) is 10.0 Å². The van der Waals surface area contributed by atoms with Crippen LogP contribution in [0.3, 0.4) is 0 Å². The molecule has 0 atom stereocenters. The van der Waals surface area contributed by atoms with Crippen molar-refractivity contribution in [2.24, 2.45) is 0 Å². The lowest BCUT2D eigenvalue weighted by Crippen LogP contribution is -2.03. The van der Waals surface area contributed by atoms with Gasteiger partial charge in [-0.2, -0.15) is 0 Å². The number of halogens is 2. The average molecular weight is 405 g/mol. The second kappa shape index (κ2) is 6.60. The van der Waals surface area contributed by atoms with Crippen molar-refractivity contribution in [2.45, 2.75) is 6.61 Å². The van der Waals surface area contributed by atoms with Crippen molar-refractivity contribution < 1.29 is 24.1 Å². The topological polar surface area (TPSA) is 65.0 Å². The maximum absolute atomic E-state index is 12.6. The Balaban J connectivity index is 2.17. The molecule has 1 heterocycles. The lowest BCUT2D eigenvalue weighted by atomic mass is 9.90. The molecule has 3 aromatic carbocycles. The first-order chi connectivity index (χ1) is 13.0. The fourth-order valence-corrected chi connectivity index (χ4v) is 3.87. The summed E-state index contributed by atoms with van der Waals surface area (Å²) >= 11 is 12.7. The van der Waals surface area contributed by atoms with Crippen LogP contribution in [0.4, 0.5) is 0 Å². The van der Waals surface area contributed by atoms with E-state index in [-0.39, 0.29) is 12.2 Å². The summed E-state index contributed by atoms with van der Waals surface area (Å²) in [5.74, 6) is 0.819. The van der Waals surface area contributed by atoms with Gasteiger partial charge < -0.3 is 19.3 Å². The van der Waals surface area contributed by atoms with Crippen LogP contribution in [0.1, 0.15) is 15.9 Å². The Morgan fingerprint density at radius 1 is 1.04 bits per heavy atom. The van der Waals surface area contributed by atoms with Gasteiger partial charge in [-0.15, -0.1) is 0 Å². The summed E-state index contributed by atoms with van der Waals surface area (Å²) in [6.07, 6.45) is 0. The first kappa shape index (κ1) is 17.9. The molecule has 0 saturated carbocycles. The van der Waals surface area contributed by atoms with Crippen molar-refractivity contribution >= 4 is 39.9 Å². The fourth-order valence-electron chi connectivity index (χ4n) is 3.45. The molecule has 2 bridgehead atoms. The molecule has 1 aliphatic heterocycles. The molecular formula is C20H14Cl2O5. The zero-order valence-corrected chi connectivity index (χ0v) is 15.9. The van der Waals surface area contributed by atoms with E-state index in [0.29, 0.717) is 54.8 Å². The summed E-state index contributed by atoms with van der Waals surface area (Å²) in [6.45, 7) is -0.340. The van der Waals surface area contributed by atoms with Crippen LogP contribution >= 0.6 is 23.2 Å². The first-order valence-electron chi connectivity index (χ1n) is 8.03. The van der Waals surface area contributed by atoms with Crippen molar-refractivity contribution in [2.75, 3.05) is 14.2 Å². The van der Waals surface area contributed by atoms with Crippen LogP contribution in [0, 0.1) is 0 Å². The number of rotatable bonds is 4. The lowest BCUT2D eigenvalue weighted by Gasteiger charge is -2.15. The molecule has 0 saturated heterocycles. The van der Waals surface area contributed by atoms with Crippen molar-refractivity contribution in [1.82, 2.24) is 0 Å². The minimum absolute atomic E-state index is 0.274. The molecule has 1 aliphatic rings. The number of fused-ring (bicyclic) bond motifs is 4. The quantitative estimate of drug-likeness (QED) is 0.629. The van der Waals surface area contributed by atoms with E-state index in [0.717, 1.165) is 0 Å². The van der Waals surface area contributed by atoms with Crippen molar-refractivity contribution in [3.05, 3.63) is 51.5 Å². The minimum Gasteiger partial charge on any atom is -0.493 e. The number of esters is 1. The monoisotopic (exact) mass is 404 g/mol. The Morgan fingerprint density at radius 2 is 1.78 bits per heavy atom. The third-order valence-electron chi connectivity index (χ3n) is 4.64. The normalized spacial score (nSPS) is 12.4. The Kier molecular flexibility index (Phi) is 4.38. The number of benzene rings is 3. The molecule has 27 heavy (non-hydrogen) atoms. The molecule has 0 fully saturated rings. The second-order valence-corrected chi connectivity index (χ2v) is 6.74. The van der Waals surface area contributed by atoms with Gasteiger partial charge in [-0.05, 0) is 29.8 Å². The number of carbonyl (C=O) groups is 1. The van der Waals surface area contributed by atoms with Crippen LogP contribution < -0.4 is 14.2 Å². The third kappa shape index (κ3) is 2.54. The van der Waals surface area contributed by atoms with Crippen molar-refractivity contribution in [3.63, 3.8) is 0 Å². The molecule has 0 amide bonds. The van der Waals surface area contributed by atoms with E-state index < -0.39 is 5.97 Å². The van der Waals surface area contributed by atoms with Gasteiger partial charge in [0.2, 0.25) is 0 Å². The fraction of sp³-hybridized carbons (Fsp3) is 0.150. The molecule has 1 N–H and O–H groups in total. The van der Waals surface area contributed by atoms with Gasteiger partial charge in [-0.3, -0.25) is 0 Å². The molecular weight excluding hydrogens is 391 g/mol. The van der Waals surface area contributed by atoms with Crippen LogP contribution in [0.5, 0.6) is 17.2 Å². The summed E-state index contributed by atoms with van der Waals surface area (Å²) in [5.41, 5.74) is 1.90. The van der Waals surface area contributed by atoms with Crippen LogP contribution in [-0.2, 0) is 6.61 Å². The average Bonchev–Trinajstić information content (AvgIpc) is 2.94. The molecule has 0 spiro atoms. The van der Waals surface area contributed by atoms with E-state index in [1.807, 2.05) is 0 Å². The maximum Gasteiger partial charge on any atom is 0.344 e. The molecule has 0 aliphatic carbocycles. The van der Waals surface area contributed by atoms with Gasteiger partial charge >= 0.3 is 5.97 Å². The van der Waals surface area contributed by atoms with Gasteiger partial charge in [0.05, 0.1) is 36.4 Å². The number of aliphatic hydroxyl groups is 1. The summed E-state index contributed by atoms with van der Waals surface area (Å²) in [6, 6.07) is 8.63.